The number of rotatable bonds is 5. The predicted octanol–water partition coefficient (Wildman–Crippen LogP) is 3.99. The van der Waals surface area contributed by atoms with Gasteiger partial charge in [-0.2, -0.15) is 0 Å². The molecule has 2 aliphatic rings. The molecule has 1 fully saturated rings. The van der Waals surface area contributed by atoms with Crippen LogP contribution in [0, 0.1) is 0 Å². The SMILES string of the molecule is COc1ccc(C(=O)NC2=CC=CN(CC3(O)CCCCC3)C2)c2ccccc12. The molecule has 2 N–H and O–H groups in total. The zero-order chi connectivity index (χ0) is 20.3. The summed E-state index contributed by atoms with van der Waals surface area (Å²) in [6, 6.07) is 11.4. The molecule has 0 saturated heterocycles. The van der Waals surface area contributed by atoms with Gasteiger partial charge in [0.1, 0.15) is 5.75 Å². The lowest BCUT2D eigenvalue weighted by Crippen LogP contribution is -2.44. The van der Waals surface area contributed by atoms with Crippen molar-refractivity contribution in [3.05, 3.63) is 66.0 Å². The fraction of sp³-hybridized carbons (Fsp3) is 0.375. The van der Waals surface area contributed by atoms with Gasteiger partial charge in [0.25, 0.3) is 5.91 Å². The van der Waals surface area contributed by atoms with Crippen molar-refractivity contribution < 1.29 is 14.6 Å². The molecule has 0 spiro atoms. The lowest BCUT2D eigenvalue weighted by Gasteiger charge is -2.37. The van der Waals surface area contributed by atoms with Crippen molar-refractivity contribution in [3.63, 3.8) is 0 Å². The van der Waals surface area contributed by atoms with Gasteiger partial charge in [-0.05, 0) is 48.7 Å². The zero-order valence-electron chi connectivity index (χ0n) is 16.9. The van der Waals surface area contributed by atoms with Crippen LogP contribution in [0.3, 0.4) is 0 Å². The monoisotopic (exact) mass is 392 g/mol. The first-order valence-electron chi connectivity index (χ1n) is 10.3. The number of nitrogens with zero attached hydrogens (tertiary/aromatic N) is 1. The molecule has 0 atom stereocenters. The summed E-state index contributed by atoms with van der Waals surface area (Å²) >= 11 is 0. The molecule has 29 heavy (non-hydrogen) atoms. The lowest BCUT2D eigenvalue weighted by molar-refractivity contribution is -0.0156. The van der Waals surface area contributed by atoms with E-state index in [-0.39, 0.29) is 5.91 Å². The maximum atomic E-state index is 13.0. The van der Waals surface area contributed by atoms with Gasteiger partial charge >= 0.3 is 0 Å². The third-order valence-electron chi connectivity index (χ3n) is 5.87. The fourth-order valence-corrected chi connectivity index (χ4v) is 4.40. The number of allylic oxidation sites excluding steroid dienone is 2. The summed E-state index contributed by atoms with van der Waals surface area (Å²) in [7, 11) is 1.63. The van der Waals surface area contributed by atoms with E-state index in [9.17, 15) is 9.90 Å². The second kappa shape index (κ2) is 8.29. The summed E-state index contributed by atoms with van der Waals surface area (Å²) in [4.78, 5) is 15.1. The number of aliphatic hydroxyl groups is 1. The molecule has 1 amide bonds. The van der Waals surface area contributed by atoms with Gasteiger partial charge in [0.2, 0.25) is 0 Å². The molecular formula is C24H28N2O3. The number of hydrogen-bond donors (Lipinski definition) is 2. The van der Waals surface area contributed by atoms with Crippen molar-refractivity contribution >= 4 is 16.7 Å². The van der Waals surface area contributed by atoms with Gasteiger partial charge in [-0.25, -0.2) is 0 Å². The first-order valence-corrected chi connectivity index (χ1v) is 10.3. The first kappa shape index (κ1) is 19.5. The van der Waals surface area contributed by atoms with Crippen LogP contribution in [0.4, 0.5) is 0 Å². The van der Waals surface area contributed by atoms with Crippen LogP contribution in [0.15, 0.2) is 60.4 Å². The third-order valence-corrected chi connectivity index (χ3v) is 5.87. The number of fused-ring (bicyclic) bond motifs is 1. The number of nitrogens with one attached hydrogen (secondary N) is 1. The largest absolute Gasteiger partial charge is 0.496 e. The minimum Gasteiger partial charge on any atom is -0.496 e. The smallest absolute Gasteiger partial charge is 0.256 e. The number of β-amino-alcohol motifs (C(OH)–C–C–N with tert-alkyl or cyclic N) is 1. The molecule has 1 heterocycles. The molecule has 1 aliphatic heterocycles. The summed E-state index contributed by atoms with van der Waals surface area (Å²) in [6.07, 6.45) is 10.9. The van der Waals surface area contributed by atoms with E-state index in [2.05, 4.69) is 10.2 Å². The van der Waals surface area contributed by atoms with Crippen molar-refractivity contribution in [1.82, 2.24) is 10.2 Å². The number of ether oxygens (including phenoxy) is 1. The van der Waals surface area contributed by atoms with E-state index in [1.807, 2.05) is 48.7 Å². The second-order valence-corrected chi connectivity index (χ2v) is 8.04. The summed E-state index contributed by atoms with van der Waals surface area (Å²) < 4.78 is 5.43. The zero-order valence-corrected chi connectivity index (χ0v) is 16.9. The first-order chi connectivity index (χ1) is 14.1. The van der Waals surface area contributed by atoms with Crippen molar-refractivity contribution in [2.75, 3.05) is 20.2 Å². The Balaban J connectivity index is 1.47. The maximum absolute atomic E-state index is 13.0. The van der Waals surface area contributed by atoms with Gasteiger partial charge < -0.3 is 20.1 Å². The molecule has 1 saturated carbocycles. The third kappa shape index (κ3) is 4.30. The molecule has 2 aromatic carbocycles. The molecule has 152 valence electrons. The van der Waals surface area contributed by atoms with Crippen molar-refractivity contribution in [3.8, 4) is 5.75 Å². The van der Waals surface area contributed by atoms with Crippen molar-refractivity contribution in [2.24, 2.45) is 0 Å². The quantitative estimate of drug-likeness (QED) is 0.808. The highest BCUT2D eigenvalue weighted by Gasteiger charge is 2.31. The van der Waals surface area contributed by atoms with E-state index >= 15 is 0 Å². The Morgan fingerprint density at radius 2 is 1.90 bits per heavy atom. The normalized spacial score (nSPS) is 18.4. The predicted molar refractivity (Wildman–Crippen MR) is 115 cm³/mol. The topological polar surface area (TPSA) is 61.8 Å². The Bertz CT molecular complexity index is 958. The average molecular weight is 392 g/mol. The number of hydrogen-bond acceptors (Lipinski definition) is 4. The van der Waals surface area contributed by atoms with Gasteiger partial charge in [-0.3, -0.25) is 4.79 Å². The van der Waals surface area contributed by atoms with E-state index in [1.165, 1.54) is 6.42 Å². The van der Waals surface area contributed by atoms with Crippen LogP contribution in [0.1, 0.15) is 42.5 Å². The molecule has 0 aromatic heterocycles. The van der Waals surface area contributed by atoms with E-state index in [4.69, 9.17) is 4.74 Å². The van der Waals surface area contributed by atoms with Gasteiger partial charge in [-0.1, -0.05) is 43.5 Å². The minimum atomic E-state index is -0.624. The highest BCUT2D eigenvalue weighted by molar-refractivity contribution is 6.09. The Hall–Kier alpha value is -2.79. The van der Waals surface area contributed by atoms with Crippen LogP contribution >= 0.6 is 0 Å². The summed E-state index contributed by atoms with van der Waals surface area (Å²) in [5.41, 5.74) is 0.826. The fourth-order valence-electron chi connectivity index (χ4n) is 4.40. The van der Waals surface area contributed by atoms with E-state index in [0.717, 1.165) is 47.9 Å². The van der Waals surface area contributed by atoms with Gasteiger partial charge in [-0.15, -0.1) is 0 Å². The highest BCUT2D eigenvalue weighted by atomic mass is 16.5. The molecule has 4 rings (SSSR count). The average Bonchev–Trinajstić information content (AvgIpc) is 2.73. The molecule has 0 radical (unpaired) electrons. The van der Waals surface area contributed by atoms with Crippen molar-refractivity contribution in [2.45, 2.75) is 37.7 Å². The molecule has 1 aliphatic carbocycles. The molecule has 0 unspecified atom stereocenters. The number of methoxy groups -OCH3 is 1. The number of carbonyl (C=O) groups is 1. The van der Waals surface area contributed by atoms with Crippen LogP contribution in [0.2, 0.25) is 0 Å². The number of carbonyl (C=O) groups excluding carboxylic acids is 1. The van der Waals surface area contributed by atoms with Gasteiger partial charge in [0.05, 0.1) is 19.3 Å². The number of amides is 1. The summed E-state index contributed by atoms with van der Waals surface area (Å²) in [6.45, 7) is 1.18. The van der Waals surface area contributed by atoms with E-state index < -0.39 is 5.60 Å². The molecular weight excluding hydrogens is 364 g/mol. The van der Waals surface area contributed by atoms with Gasteiger partial charge in [0.15, 0.2) is 0 Å². The van der Waals surface area contributed by atoms with Crippen LogP contribution in [0.25, 0.3) is 10.8 Å². The van der Waals surface area contributed by atoms with Crippen molar-refractivity contribution in [1.29, 1.82) is 0 Å². The number of benzene rings is 2. The van der Waals surface area contributed by atoms with Crippen LogP contribution < -0.4 is 10.1 Å². The lowest BCUT2D eigenvalue weighted by atomic mass is 9.84. The molecule has 2 aromatic rings. The second-order valence-electron chi connectivity index (χ2n) is 8.04. The Labute approximate surface area is 171 Å². The van der Waals surface area contributed by atoms with Crippen LogP contribution in [-0.4, -0.2) is 41.7 Å². The Kier molecular flexibility index (Phi) is 5.58. The van der Waals surface area contributed by atoms with E-state index in [1.54, 1.807) is 13.2 Å². The molecule has 5 heteroatoms. The molecule has 0 bridgehead atoms. The molecule has 5 nitrogen and oxygen atoms in total. The summed E-state index contributed by atoms with van der Waals surface area (Å²) in [5, 5.41) is 15.7. The standard InChI is InChI=1S/C24H28N2O3/c1-29-22-12-11-21(19-9-3-4-10-20(19)22)23(27)25-18-8-7-15-26(16-18)17-24(28)13-5-2-6-14-24/h3-4,7-12,15,28H,2,5-6,13-14,16-17H2,1H3,(H,25,27). The summed E-state index contributed by atoms with van der Waals surface area (Å²) in [5.74, 6) is 0.616. The maximum Gasteiger partial charge on any atom is 0.256 e. The van der Waals surface area contributed by atoms with Crippen LogP contribution in [-0.2, 0) is 0 Å². The van der Waals surface area contributed by atoms with E-state index in [0.29, 0.717) is 18.7 Å². The highest BCUT2D eigenvalue weighted by Crippen LogP contribution is 2.30. The Morgan fingerprint density at radius 3 is 2.66 bits per heavy atom. The Morgan fingerprint density at radius 1 is 1.14 bits per heavy atom. The van der Waals surface area contributed by atoms with Crippen LogP contribution in [0.5, 0.6) is 5.75 Å². The minimum absolute atomic E-state index is 0.137. The van der Waals surface area contributed by atoms with Gasteiger partial charge in [0, 0.05) is 23.2 Å².